The first kappa shape index (κ1) is 14.0. The van der Waals surface area contributed by atoms with Crippen LogP contribution in [-0.4, -0.2) is 18.8 Å². The van der Waals surface area contributed by atoms with Crippen molar-refractivity contribution in [3.63, 3.8) is 0 Å². The van der Waals surface area contributed by atoms with Gasteiger partial charge in [0.1, 0.15) is 11.5 Å². The largest absolute Gasteiger partial charge is 0.457 e. The Hall–Kier alpha value is -2.00. The van der Waals surface area contributed by atoms with Crippen LogP contribution in [-0.2, 0) is 4.74 Å². The molecule has 110 valence electrons. The molecule has 2 unspecified atom stereocenters. The zero-order valence-electron chi connectivity index (χ0n) is 12.3. The molecule has 0 aliphatic carbocycles. The van der Waals surface area contributed by atoms with E-state index in [1.54, 1.807) is 0 Å². The van der Waals surface area contributed by atoms with Crippen LogP contribution in [0, 0.1) is 0 Å². The van der Waals surface area contributed by atoms with Gasteiger partial charge in [0, 0.05) is 24.4 Å². The Morgan fingerprint density at radius 1 is 1.05 bits per heavy atom. The number of hydrogen-bond acceptors (Lipinski definition) is 3. The van der Waals surface area contributed by atoms with Gasteiger partial charge in [-0.3, -0.25) is 0 Å². The van der Waals surface area contributed by atoms with Gasteiger partial charge in [0.2, 0.25) is 0 Å². The molecule has 0 radical (unpaired) electrons. The Bertz CT molecular complexity index is 570. The van der Waals surface area contributed by atoms with Gasteiger partial charge < -0.3 is 14.8 Å². The van der Waals surface area contributed by atoms with E-state index in [0.29, 0.717) is 12.1 Å². The average molecular weight is 283 g/mol. The number of benzene rings is 2. The van der Waals surface area contributed by atoms with Gasteiger partial charge in [-0.05, 0) is 44.0 Å². The average Bonchev–Trinajstić information content (AvgIpc) is 2.49. The molecular weight excluding hydrogens is 262 g/mol. The highest BCUT2D eigenvalue weighted by Gasteiger charge is 2.18. The van der Waals surface area contributed by atoms with Crippen molar-refractivity contribution in [2.45, 2.75) is 31.9 Å². The van der Waals surface area contributed by atoms with Crippen LogP contribution >= 0.6 is 0 Å². The summed E-state index contributed by atoms with van der Waals surface area (Å²) in [6.07, 6.45) is 2.43. The number of ether oxygens (including phenoxy) is 2. The van der Waals surface area contributed by atoms with Gasteiger partial charge in [-0.2, -0.15) is 0 Å². The second-order valence-corrected chi connectivity index (χ2v) is 5.49. The third-order valence-corrected chi connectivity index (χ3v) is 3.67. The Balaban J connectivity index is 1.65. The summed E-state index contributed by atoms with van der Waals surface area (Å²) in [5.74, 6) is 1.71. The molecule has 3 nitrogen and oxygen atoms in total. The summed E-state index contributed by atoms with van der Waals surface area (Å²) in [7, 11) is 0. The fourth-order valence-corrected chi connectivity index (χ4v) is 2.64. The number of para-hydroxylation sites is 1. The molecule has 1 aliphatic rings. The summed E-state index contributed by atoms with van der Waals surface area (Å²) in [4.78, 5) is 0. The molecule has 0 aromatic heterocycles. The van der Waals surface area contributed by atoms with E-state index in [4.69, 9.17) is 9.47 Å². The van der Waals surface area contributed by atoms with Crippen molar-refractivity contribution in [2.75, 3.05) is 11.9 Å². The predicted molar refractivity (Wildman–Crippen MR) is 85.0 cm³/mol. The van der Waals surface area contributed by atoms with Gasteiger partial charge in [-0.1, -0.05) is 24.3 Å². The highest BCUT2D eigenvalue weighted by atomic mass is 16.5. The lowest BCUT2D eigenvalue weighted by atomic mass is 10.0. The first-order chi connectivity index (χ1) is 10.3. The van der Waals surface area contributed by atoms with Crippen molar-refractivity contribution in [1.82, 2.24) is 0 Å². The summed E-state index contributed by atoms with van der Waals surface area (Å²) < 4.78 is 11.4. The maximum atomic E-state index is 5.86. The summed E-state index contributed by atoms with van der Waals surface area (Å²) in [6, 6.07) is 18.4. The van der Waals surface area contributed by atoms with Crippen LogP contribution in [0.15, 0.2) is 54.6 Å². The van der Waals surface area contributed by atoms with E-state index >= 15 is 0 Å². The van der Waals surface area contributed by atoms with Crippen LogP contribution in [0.2, 0.25) is 0 Å². The van der Waals surface area contributed by atoms with E-state index in [1.807, 2.05) is 48.5 Å². The third kappa shape index (κ3) is 3.99. The minimum Gasteiger partial charge on any atom is -0.457 e. The second-order valence-electron chi connectivity index (χ2n) is 5.49. The third-order valence-electron chi connectivity index (χ3n) is 3.67. The Labute approximate surface area is 125 Å². The molecule has 21 heavy (non-hydrogen) atoms. The molecule has 2 aromatic rings. The fourth-order valence-electron chi connectivity index (χ4n) is 2.64. The van der Waals surface area contributed by atoms with Crippen molar-refractivity contribution in [2.24, 2.45) is 0 Å². The van der Waals surface area contributed by atoms with Crippen molar-refractivity contribution >= 4 is 5.69 Å². The van der Waals surface area contributed by atoms with E-state index in [-0.39, 0.29) is 0 Å². The zero-order valence-corrected chi connectivity index (χ0v) is 12.3. The fraction of sp³-hybridized carbons (Fsp3) is 0.333. The van der Waals surface area contributed by atoms with Gasteiger partial charge in [0.05, 0.1) is 6.10 Å². The molecular formula is C18H21NO2. The van der Waals surface area contributed by atoms with Gasteiger partial charge in [0.25, 0.3) is 0 Å². The molecule has 2 aromatic carbocycles. The highest BCUT2D eigenvalue weighted by Crippen LogP contribution is 2.25. The summed E-state index contributed by atoms with van der Waals surface area (Å²) in [5, 5.41) is 3.58. The molecule has 1 heterocycles. The van der Waals surface area contributed by atoms with E-state index < -0.39 is 0 Å². The lowest BCUT2D eigenvalue weighted by Crippen LogP contribution is -2.32. The molecule has 1 fully saturated rings. The molecule has 3 rings (SSSR count). The van der Waals surface area contributed by atoms with Crippen LogP contribution in [0.3, 0.4) is 0 Å². The molecule has 0 bridgehead atoms. The molecule has 0 amide bonds. The highest BCUT2D eigenvalue weighted by molar-refractivity contribution is 5.49. The van der Waals surface area contributed by atoms with Gasteiger partial charge in [-0.15, -0.1) is 0 Å². The Morgan fingerprint density at radius 2 is 1.86 bits per heavy atom. The molecule has 3 heteroatoms. The van der Waals surface area contributed by atoms with Gasteiger partial charge in [0.15, 0.2) is 0 Å². The minimum absolute atomic E-state index is 0.333. The van der Waals surface area contributed by atoms with Crippen molar-refractivity contribution in [3.05, 3.63) is 54.6 Å². The van der Waals surface area contributed by atoms with Crippen LogP contribution in [0.25, 0.3) is 0 Å². The second kappa shape index (κ2) is 6.64. The summed E-state index contributed by atoms with van der Waals surface area (Å²) in [5.41, 5.74) is 1.10. The van der Waals surface area contributed by atoms with Crippen molar-refractivity contribution in [3.8, 4) is 11.5 Å². The molecule has 0 saturated carbocycles. The predicted octanol–water partition coefficient (Wildman–Crippen LogP) is 4.46. The number of hydrogen-bond donors (Lipinski definition) is 1. The minimum atomic E-state index is 0.333. The van der Waals surface area contributed by atoms with Crippen molar-refractivity contribution in [1.29, 1.82) is 0 Å². The molecule has 1 saturated heterocycles. The normalized spacial score (nSPS) is 21.8. The standard InChI is InChI=1S/C18H21NO2/c1-14-12-16(10-11-20-14)19-15-6-5-9-18(13-15)21-17-7-3-2-4-8-17/h2-9,13-14,16,19H,10-12H2,1H3. The topological polar surface area (TPSA) is 30.5 Å². The quantitative estimate of drug-likeness (QED) is 0.898. The Morgan fingerprint density at radius 3 is 2.67 bits per heavy atom. The lowest BCUT2D eigenvalue weighted by Gasteiger charge is -2.28. The maximum Gasteiger partial charge on any atom is 0.129 e. The van der Waals surface area contributed by atoms with Crippen LogP contribution < -0.4 is 10.1 Å². The number of nitrogens with one attached hydrogen (secondary N) is 1. The van der Waals surface area contributed by atoms with Crippen molar-refractivity contribution < 1.29 is 9.47 Å². The zero-order chi connectivity index (χ0) is 14.5. The first-order valence-corrected chi connectivity index (χ1v) is 7.51. The monoisotopic (exact) mass is 283 g/mol. The maximum absolute atomic E-state index is 5.86. The summed E-state index contributed by atoms with van der Waals surface area (Å²) >= 11 is 0. The molecule has 0 spiro atoms. The van der Waals surface area contributed by atoms with E-state index in [0.717, 1.165) is 36.6 Å². The SMILES string of the molecule is CC1CC(Nc2cccc(Oc3ccccc3)c2)CCO1. The number of anilines is 1. The molecule has 1 N–H and O–H groups in total. The van der Waals surface area contributed by atoms with Crippen LogP contribution in [0.5, 0.6) is 11.5 Å². The Kier molecular flexibility index (Phi) is 4.41. The first-order valence-electron chi connectivity index (χ1n) is 7.51. The van der Waals surface area contributed by atoms with E-state index in [2.05, 4.69) is 18.3 Å². The van der Waals surface area contributed by atoms with E-state index in [9.17, 15) is 0 Å². The van der Waals surface area contributed by atoms with E-state index in [1.165, 1.54) is 0 Å². The molecule has 1 aliphatic heterocycles. The molecule has 2 atom stereocenters. The van der Waals surface area contributed by atoms with Gasteiger partial charge in [-0.25, -0.2) is 0 Å². The smallest absolute Gasteiger partial charge is 0.129 e. The lowest BCUT2D eigenvalue weighted by molar-refractivity contribution is 0.0232. The van der Waals surface area contributed by atoms with Crippen LogP contribution in [0.4, 0.5) is 5.69 Å². The van der Waals surface area contributed by atoms with Gasteiger partial charge >= 0.3 is 0 Å². The van der Waals surface area contributed by atoms with Crippen LogP contribution in [0.1, 0.15) is 19.8 Å². The summed E-state index contributed by atoms with van der Waals surface area (Å²) in [6.45, 7) is 2.96. The number of rotatable bonds is 4.